The predicted octanol–water partition coefficient (Wildman–Crippen LogP) is 3.37. The fourth-order valence-corrected chi connectivity index (χ4v) is 1.51. The number of phenols is 1. The molecule has 2 aromatic carbocycles. The Morgan fingerprint density at radius 1 is 1.06 bits per heavy atom. The van der Waals surface area contributed by atoms with Crippen LogP contribution in [-0.4, -0.2) is 5.11 Å². The van der Waals surface area contributed by atoms with Gasteiger partial charge >= 0.3 is 0 Å². The van der Waals surface area contributed by atoms with Gasteiger partial charge in [-0.15, -0.1) is 0 Å². The third-order valence-corrected chi connectivity index (χ3v) is 2.40. The molecule has 82 valence electrons. The van der Waals surface area contributed by atoms with Crippen molar-refractivity contribution in [1.29, 1.82) is 0 Å². The largest absolute Gasteiger partial charge is 0.508 e. The van der Waals surface area contributed by atoms with Gasteiger partial charge in [0.15, 0.2) is 0 Å². The Labute approximate surface area is 98.5 Å². The first kappa shape index (κ1) is 10.6. The van der Waals surface area contributed by atoms with E-state index in [-0.39, 0.29) is 5.75 Å². The van der Waals surface area contributed by atoms with Crippen molar-refractivity contribution in [2.75, 3.05) is 11.1 Å². The van der Waals surface area contributed by atoms with Crippen molar-refractivity contribution in [1.82, 2.24) is 0 Å². The SMILES string of the molecule is Nc1ccc(Cl)cc1Nc1ccc(O)cc1. The van der Waals surface area contributed by atoms with Gasteiger partial charge in [-0.2, -0.15) is 0 Å². The average molecular weight is 235 g/mol. The minimum Gasteiger partial charge on any atom is -0.508 e. The minimum atomic E-state index is 0.226. The Morgan fingerprint density at radius 2 is 1.75 bits per heavy atom. The van der Waals surface area contributed by atoms with E-state index in [0.29, 0.717) is 10.7 Å². The summed E-state index contributed by atoms with van der Waals surface area (Å²) in [5.74, 6) is 0.226. The number of nitrogens with one attached hydrogen (secondary N) is 1. The normalized spacial score (nSPS) is 10.1. The molecule has 0 amide bonds. The summed E-state index contributed by atoms with van der Waals surface area (Å²) in [7, 11) is 0. The standard InChI is InChI=1S/C12H11ClN2O/c13-8-1-6-11(14)12(7-8)15-9-2-4-10(16)5-3-9/h1-7,15-16H,14H2. The second kappa shape index (κ2) is 4.33. The molecule has 0 saturated carbocycles. The van der Waals surface area contributed by atoms with Gasteiger partial charge in [0.05, 0.1) is 11.4 Å². The zero-order chi connectivity index (χ0) is 11.5. The van der Waals surface area contributed by atoms with Crippen LogP contribution in [0.4, 0.5) is 17.1 Å². The number of hydrogen-bond acceptors (Lipinski definition) is 3. The van der Waals surface area contributed by atoms with Crippen LogP contribution in [0.1, 0.15) is 0 Å². The fourth-order valence-electron chi connectivity index (χ4n) is 1.34. The van der Waals surface area contributed by atoms with Crippen LogP contribution in [0.15, 0.2) is 42.5 Å². The van der Waals surface area contributed by atoms with Crippen molar-refractivity contribution < 1.29 is 5.11 Å². The molecule has 0 unspecified atom stereocenters. The smallest absolute Gasteiger partial charge is 0.115 e. The Hall–Kier alpha value is -1.87. The molecule has 0 aromatic heterocycles. The number of anilines is 3. The fraction of sp³-hybridized carbons (Fsp3) is 0. The molecular weight excluding hydrogens is 224 g/mol. The third-order valence-electron chi connectivity index (χ3n) is 2.16. The number of benzene rings is 2. The predicted molar refractivity (Wildman–Crippen MR) is 67.3 cm³/mol. The molecule has 2 aromatic rings. The van der Waals surface area contributed by atoms with Crippen LogP contribution in [0, 0.1) is 0 Å². The number of rotatable bonds is 2. The molecule has 4 heteroatoms. The summed E-state index contributed by atoms with van der Waals surface area (Å²) in [4.78, 5) is 0. The van der Waals surface area contributed by atoms with Crippen LogP contribution < -0.4 is 11.1 Å². The molecule has 0 aliphatic rings. The average Bonchev–Trinajstić information content (AvgIpc) is 2.27. The second-order valence-electron chi connectivity index (χ2n) is 3.40. The van der Waals surface area contributed by atoms with Gasteiger partial charge in [0.2, 0.25) is 0 Å². The minimum absolute atomic E-state index is 0.226. The molecule has 0 bridgehead atoms. The summed E-state index contributed by atoms with van der Waals surface area (Å²) < 4.78 is 0. The van der Waals surface area contributed by atoms with Crippen LogP contribution in [0.3, 0.4) is 0 Å². The van der Waals surface area contributed by atoms with E-state index in [0.717, 1.165) is 11.4 Å². The number of nitrogens with two attached hydrogens (primary N) is 1. The van der Waals surface area contributed by atoms with Crippen molar-refractivity contribution in [3.05, 3.63) is 47.5 Å². The topological polar surface area (TPSA) is 58.3 Å². The van der Waals surface area contributed by atoms with E-state index in [4.69, 9.17) is 22.4 Å². The highest BCUT2D eigenvalue weighted by atomic mass is 35.5. The molecule has 0 aliphatic heterocycles. The Kier molecular flexibility index (Phi) is 2.88. The van der Waals surface area contributed by atoms with Crippen LogP contribution in [0.2, 0.25) is 5.02 Å². The molecule has 0 aliphatic carbocycles. The molecule has 0 heterocycles. The van der Waals surface area contributed by atoms with Crippen LogP contribution in [-0.2, 0) is 0 Å². The van der Waals surface area contributed by atoms with E-state index < -0.39 is 0 Å². The molecule has 0 saturated heterocycles. The van der Waals surface area contributed by atoms with Crippen molar-refractivity contribution in [3.8, 4) is 5.75 Å². The van der Waals surface area contributed by atoms with Crippen LogP contribution in [0.25, 0.3) is 0 Å². The van der Waals surface area contributed by atoms with E-state index in [2.05, 4.69) is 5.32 Å². The first-order valence-corrected chi connectivity index (χ1v) is 5.14. The lowest BCUT2D eigenvalue weighted by molar-refractivity contribution is 0.475. The van der Waals surface area contributed by atoms with Gasteiger partial charge in [-0.05, 0) is 42.5 Å². The molecular formula is C12H11ClN2O. The van der Waals surface area contributed by atoms with Crippen molar-refractivity contribution in [2.45, 2.75) is 0 Å². The summed E-state index contributed by atoms with van der Waals surface area (Å²) in [6, 6.07) is 11.9. The van der Waals surface area contributed by atoms with Crippen molar-refractivity contribution in [3.63, 3.8) is 0 Å². The summed E-state index contributed by atoms with van der Waals surface area (Å²) in [6.45, 7) is 0. The molecule has 0 atom stereocenters. The molecule has 3 nitrogen and oxygen atoms in total. The van der Waals surface area contributed by atoms with Gasteiger partial charge in [-0.3, -0.25) is 0 Å². The van der Waals surface area contributed by atoms with Gasteiger partial charge in [0, 0.05) is 10.7 Å². The second-order valence-corrected chi connectivity index (χ2v) is 3.84. The summed E-state index contributed by atoms with van der Waals surface area (Å²) in [6.07, 6.45) is 0. The first-order valence-electron chi connectivity index (χ1n) is 4.76. The number of halogens is 1. The maximum atomic E-state index is 9.15. The van der Waals surface area contributed by atoms with Crippen molar-refractivity contribution >= 4 is 28.7 Å². The number of hydrogen-bond donors (Lipinski definition) is 3. The Balaban J connectivity index is 2.26. The van der Waals surface area contributed by atoms with Crippen LogP contribution >= 0.6 is 11.6 Å². The summed E-state index contributed by atoms with van der Waals surface area (Å²) in [5, 5.41) is 12.9. The highest BCUT2D eigenvalue weighted by Crippen LogP contribution is 2.27. The van der Waals surface area contributed by atoms with Gasteiger partial charge in [-0.25, -0.2) is 0 Å². The van der Waals surface area contributed by atoms with Gasteiger partial charge in [-0.1, -0.05) is 11.6 Å². The van der Waals surface area contributed by atoms with E-state index in [1.165, 1.54) is 0 Å². The van der Waals surface area contributed by atoms with Gasteiger partial charge < -0.3 is 16.2 Å². The van der Waals surface area contributed by atoms with E-state index in [1.54, 1.807) is 42.5 Å². The number of nitrogen functional groups attached to an aromatic ring is 1. The number of aromatic hydroxyl groups is 1. The molecule has 0 radical (unpaired) electrons. The van der Waals surface area contributed by atoms with Crippen LogP contribution in [0.5, 0.6) is 5.75 Å². The molecule has 16 heavy (non-hydrogen) atoms. The van der Waals surface area contributed by atoms with E-state index >= 15 is 0 Å². The maximum Gasteiger partial charge on any atom is 0.115 e. The lowest BCUT2D eigenvalue weighted by Gasteiger charge is -2.09. The highest BCUT2D eigenvalue weighted by Gasteiger charge is 2.00. The molecule has 4 N–H and O–H groups in total. The quantitative estimate of drug-likeness (QED) is 0.552. The van der Waals surface area contributed by atoms with Gasteiger partial charge in [0.1, 0.15) is 5.75 Å². The zero-order valence-electron chi connectivity index (χ0n) is 8.44. The first-order chi connectivity index (χ1) is 7.65. The Bertz CT molecular complexity index is 497. The van der Waals surface area contributed by atoms with E-state index in [9.17, 15) is 0 Å². The monoisotopic (exact) mass is 234 g/mol. The third kappa shape index (κ3) is 2.38. The Morgan fingerprint density at radius 3 is 2.44 bits per heavy atom. The molecule has 0 fully saturated rings. The van der Waals surface area contributed by atoms with Gasteiger partial charge in [0.25, 0.3) is 0 Å². The number of phenolic OH excluding ortho intramolecular Hbond substituents is 1. The highest BCUT2D eigenvalue weighted by molar-refractivity contribution is 6.31. The zero-order valence-corrected chi connectivity index (χ0v) is 9.20. The maximum absolute atomic E-state index is 9.15. The molecule has 2 rings (SSSR count). The summed E-state index contributed by atoms with van der Waals surface area (Å²) >= 11 is 5.87. The van der Waals surface area contributed by atoms with E-state index in [1.807, 2.05) is 0 Å². The lowest BCUT2D eigenvalue weighted by Crippen LogP contribution is -1.95. The molecule has 0 spiro atoms. The lowest BCUT2D eigenvalue weighted by atomic mass is 10.2. The van der Waals surface area contributed by atoms with Crippen molar-refractivity contribution in [2.24, 2.45) is 0 Å². The summed E-state index contributed by atoms with van der Waals surface area (Å²) in [5.41, 5.74) is 8.01.